The van der Waals surface area contributed by atoms with Crippen LogP contribution in [0.25, 0.3) is 0 Å². The molecule has 0 aromatic carbocycles. The van der Waals surface area contributed by atoms with Crippen LogP contribution >= 0.6 is 0 Å². The SMILES string of the molecule is CC[C@H](O)COC(C)=O. The van der Waals surface area contributed by atoms with Gasteiger partial charge in [-0.1, -0.05) is 6.92 Å². The lowest BCUT2D eigenvalue weighted by atomic mass is 10.3. The highest BCUT2D eigenvalue weighted by molar-refractivity contribution is 5.65. The topological polar surface area (TPSA) is 46.5 Å². The second-order valence-electron chi connectivity index (χ2n) is 1.86. The van der Waals surface area contributed by atoms with Crippen molar-refractivity contribution in [2.24, 2.45) is 0 Å². The second kappa shape index (κ2) is 4.32. The number of esters is 1. The molecular formula is C6H12O3. The molecule has 0 radical (unpaired) electrons. The summed E-state index contributed by atoms with van der Waals surface area (Å²) < 4.78 is 4.51. The summed E-state index contributed by atoms with van der Waals surface area (Å²) >= 11 is 0. The number of hydrogen-bond acceptors (Lipinski definition) is 3. The Kier molecular flexibility index (Phi) is 4.05. The Bertz CT molecular complexity index is 90.3. The summed E-state index contributed by atoms with van der Waals surface area (Å²) in [6.45, 7) is 3.27. The zero-order chi connectivity index (χ0) is 7.28. The predicted molar refractivity (Wildman–Crippen MR) is 32.9 cm³/mol. The van der Waals surface area contributed by atoms with Gasteiger partial charge >= 0.3 is 5.97 Å². The number of aliphatic hydroxyl groups is 1. The van der Waals surface area contributed by atoms with E-state index in [9.17, 15) is 4.79 Å². The van der Waals surface area contributed by atoms with Gasteiger partial charge in [-0.05, 0) is 6.42 Å². The molecule has 3 heteroatoms. The van der Waals surface area contributed by atoms with E-state index in [4.69, 9.17) is 5.11 Å². The Hall–Kier alpha value is -0.570. The summed E-state index contributed by atoms with van der Waals surface area (Å²) in [6.07, 6.45) is 0.113. The van der Waals surface area contributed by atoms with Crippen LogP contribution in [0.1, 0.15) is 20.3 Å². The molecule has 0 aromatic heterocycles. The fraction of sp³-hybridized carbons (Fsp3) is 0.833. The van der Waals surface area contributed by atoms with Crippen LogP contribution in [0.5, 0.6) is 0 Å². The molecule has 0 bridgehead atoms. The van der Waals surface area contributed by atoms with Gasteiger partial charge in [-0.15, -0.1) is 0 Å². The van der Waals surface area contributed by atoms with Gasteiger partial charge in [0.25, 0.3) is 0 Å². The molecule has 0 aliphatic heterocycles. The molecule has 0 heterocycles. The maximum atomic E-state index is 10.1. The van der Waals surface area contributed by atoms with Gasteiger partial charge in [0, 0.05) is 6.92 Å². The number of carbonyl (C=O) groups is 1. The molecular weight excluding hydrogens is 120 g/mol. The Morgan fingerprint density at radius 1 is 1.78 bits per heavy atom. The standard InChI is InChI=1S/C6H12O3/c1-3-6(8)4-9-5(2)7/h6,8H,3-4H2,1-2H3/t6-/m0/s1. The Morgan fingerprint density at radius 2 is 2.33 bits per heavy atom. The fourth-order valence-corrected chi connectivity index (χ4v) is 0.331. The number of aliphatic hydroxyl groups excluding tert-OH is 1. The molecule has 0 aliphatic carbocycles. The molecule has 1 atom stereocenters. The van der Waals surface area contributed by atoms with Crippen molar-refractivity contribution in [1.82, 2.24) is 0 Å². The molecule has 0 aliphatic rings. The smallest absolute Gasteiger partial charge is 0.302 e. The summed E-state index contributed by atoms with van der Waals surface area (Å²) in [5.74, 6) is -0.345. The number of rotatable bonds is 3. The van der Waals surface area contributed by atoms with E-state index in [0.717, 1.165) is 0 Å². The van der Waals surface area contributed by atoms with Crippen LogP contribution in [0, 0.1) is 0 Å². The molecule has 0 saturated heterocycles. The first kappa shape index (κ1) is 8.43. The Balaban J connectivity index is 3.16. The van der Waals surface area contributed by atoms with Gasteiger partial charge in [0.1, 0.15) is 6.61 Å². The molecule has 0 aromatic rings. The van der Waals surface area contributed by atoms with Crippen molar-refractivity contribution >= 4 is 5.97 Å². The first-order valence-corrected chi connectivity index (χ1v) is 2.98. The van der Waals surface area contributed by atoms with E-state index < -0.39 is 6.10 Å². The lowest BCUT2D eigenvalue weighted by Crippen LogP contribution is -2.15. The van der Waals surface area contributed by atoms with Gasteiger partial charge in [-0.25, -0.2) is 0 Å². The van der Waals surface area contributed by atoms with Crippen molar-refractivity contribution in [2.75, 3.05) is 6.61 Å². The normalized spacial score (nSPS) is 12.8. The van der Waals surface area contributed by atoms with Crippen molar-refractivity contribution in [3.05, 3.63) is 0 Å². The first-order valence-electron chi connectivity index (χ1n) is 2.98. The van der Waals surface area contributed by atoms with Crippen molar-refractivity contribution in [3.8, 4) is 0 Å². The van der Waals surface area contributed by atoms with Crippen LogP contribution in [0.3, 0.4) is 0 Å². The van der Waals surface area contributed by atoms with Gasteiger partial charge in [0.05, 0.1) is 6.10 Å². The largest absolute Gasteiger partial charge is 0.463 e. The summed E-state index contributed by atoms with van der Waals surface area (Å²) in [5.41, 5.74) is 0. The summed E-state index contributed by atoms with van der Waals surface area (Å²) in [7, 11) is 0. The molecule has 54 valence electrons. The monoisotopic (exact) mass is 132 g/mol. The number of hydrogen-bond donors (Lipinski definition) is 1. The molecule has 0 rings (SSSR count). The lowest BCUT2D eigenvalue weighted by molar-refractivity contribution is -0.143. The van der Waals surface area contributed by atoms with Crippen molar-refractivity contribution in [1.29, 1.82) is 0 Å². The van der Waals surface area contributed by atoms with E-state index >= 15 is 0 Å². The molecule has 0 amide bonds. The third-order valence-electron chi connectivity index (χ3n) is 0.950. The Labute approximate surface area is 54.6 Å². The van der Waals surface area contributed by atoms with Gasteiger partial charge in [-0.2, -0.15) is 0 Å². The highest BCUT2D eigenvalue weighted by Crippen LogP contribution is 1.90. The van der Waals surface area contributed by atoms with E-state index in [2.05, 4.69) is 4.74 Å². The molecule has 0 spiro atoms. The summed E-state index contributed by atoms with van der Waals surface area (Å²) in [5, 5.41) is 8.83. The van der Waals surface area contributed by atoms with Crippen molar-refractivity contribution in [3.63, 3.8) is 0 Å². The van der Waals surface area contributed by atoms with E-state index in [1.54, 1.807) is 0 Å². The second-order valence-corrected chi connectivity index (χ2v) is 1.86. The van der Waals surface area contributed by atoms with E-state index in [1.165, 1.54) is 6.92 Å². The van der Waals surface area contributed by atoms with Crippen molar-refractivity contribution < 1.29 is 14.6 Å². The Morgan fingerprint density at radius 3 is 2.67 bits per heavy atom. The third-order valence-corrected chi connectivity index (χ3v) is 0.950. The molecule has 0 saturated carbocycles. The molecule has 3 nitrogen and oxygen atoms in total. The minimum Gasteiger partial charge on any atom is -0.463 e. The third kappa shape index (κ3) is 5.30. The quantitative estimate of drug-likeness (QED) is 0.562. The maximum Gasteiger partial charge on any atom is 0.302 e. The minimum absolute atomic E-state index is 0.117. The summed E-state index contributed by atoms with van der Waals surface area (Å²) in [6, 6.07) is 0. The highest BCUT2D eigenvalue weighted by atomic mass is 16.5. The van der Waals surface area contributed by atoms with E-state index in [0.29, 0.717) is 6.42 Å². The van der Waals surface area contributed by atoms with E-state index in [1.807, 2.05) is 6.92 Å². The van der Waals surface area contributed by atoms with Crippen LogP contribution in [0.4, 0.5) is 0 Å². The van der Waals surface area contributed by atoms with Gasteiger partial charge < -0.3 is 9.84 Å². The molecule has 1 N–H and O–H groups in total. The molecule has 9 heavy (non-hydrogen) atoms. The predicted octanol–water partition coefficient (Wildman–Crippen LogP) is 0.320. The maximum absolute atomic E-state index is 10.1. The van der Waals surface area contributed by atoms with Crippen molar-refractivity contribution in [2.45, 2.75) is 26.4 Å². The van der Waals surface area contributed by atoms with Crippen LogP contribution in [-0.4, -0.2) is 23.8 Å². The van der Waals surface area contributed by atoms with Crippen LogP contribution in [0.2, 0.25) is 0 Å². The average Bonchev–Trinajstić information content (AvgIpc) is 1.83. The van der Waals surface area contributed by atoms with Crippen LogP contribution in [-0.2, 0) is 9.53 Å². The summed E-state index contributed by atoms with van der Waals surface area (Å²) in [4.78, 5) is 10.1. The highest BCUT2D eigenvalue weighted by Gasteiger charge is 2.00. The van der Waals surface area contributed by atoms with Crippen LogP contribution < -0.4 is 0 Å². The minimum atomic E-state index is -0.506. The first-order chi connectivity index (χ1) is 4.16. The number of carbonyl (C=O) groups excluding carboxylic acids is 1. The zero-order valence-electron chi connectivity index (χ0n) is 5.76. The zero-order valence-corrected chi connectivity index (χ0v) is 5.76. The van der Waals surface area contributed by atoms with Crippen LogP contribution in [0.15, 0.2) is 0 Å². The number of ether oxygens (including phenoxy) is 1. The van der Waals surface area contributed by atoms with Gasteiger partial charge in [0.15, 0.2) is 0 Å². The fourth-order valence-electron chi connectivity index (χ4n) is 0.331. The lowest BCUT2D eigenvalue weighted by Gasteiger charge is -2.05. The van der Waals surface area contributed by atoms with Gasteiger partial charge in [-0.3, -0.25) is 4.79 Å². The average molecular weight is 132 g/mol. The molecule has 0 fully saturated rings. The van der Waals surface area contributed by atoms with E-state index in [-0.39, 0.29) is 12.6 Å². The van der Waals surface area contributed by atoms with Gasteiger partial charge in [0.2, 0.25) is 0 Å². The molecule has 0 unspecified atom stereocenters.